The lowest BCUT2D eigenvalue weighted by molar-refractivity contribution is 0.328. The molecule has 2 aromatic heterocycles. The largest absolute Gasteiger partial charge is 0.490 e. The maximum atomic E-state index is 16.2. The first-order valence-corrected chi connectivity index (χ1v) is 13.3. The third-order valence-corrected chi connectivity index (χ3v) is 7.67. The fraction of sp³-hybridized carbons (Fsp3) is 0.367. The van der Waals surface area contributed by atoms with Crippen molar-refractivity contribution in [1.82, 2.24) is 19.9 Å². The van der Waals surface area contributed by atoms with E-state index in [1.54, 1.807) is 10.8 Å². The van der Waals surface area contributed by atoms with E-state index in [2.05, 4.69) is 41.0 Å². The van der Waals surface area contributed by atoms with E-state index in [1.807, 2.05) is 37.3 Å². The molecule has 1 atom stereocenters. The molecule has 4 heterocycles. The van der Waals surface area contributed by atoms with Gasteiger partial charge in [0, 0.05) is 43.7 Å². The second-order valence-electron chi connectivity index (χ2n) is 10.5. The Labute approximate surface area is 221 Å². The monoisotopic (exact) mass is 513 g/mol. The third-order valence-electron chi connectivity index (χ3n) is 7.67. The number of anilines is 1. The molecular weight excluding hydrogens is 481 g/mol. The summed E-state index contributed by atoms with van der Waals surface area (Å²) in [7, 11) is 0. The number of nitrogens with zero attached hydrogens (tertiary/aromatic N) is 4. The number of ether oxygens (including phenoxy) is 1. The molecule has 0 bridgehead atoms. The van der Waals surface area contributed by atoms with Crippen LogP contribution in [-0.2, 0) is 6.42 Å². The van der Waals surface area contributed by atoms with Crippen molar-refractivity contribution in [1.29, 1.82) is 0 Å². The number of rotatable bonds is 3. The smallest absolute Gasteiger partial charge is 0.354 e. The summed E-state index contributed by atoms with van der Waals surface area (Å²) in [6, 6.07) is 11.3. The van der Waals surface area contributed by atoms with Gasteiger partial charge in [-0.2, -0.15) is 4.98 Å². The molecule has 1 saturated heterocycles. The Morgan fingerprint density at radius 2 is 2.03 bits per heavy atom. The van der Waals surface area contributed by atoms with Crippen LogP contribution in [0.15, 0.2) is 47.4 Å². The van der Waals surface area contributed by atoms with Crippen LogP contribution in [0.1, 0.15) is 43.5 Å². The number of fused-ring (bicyclic) bond motifs is 5. The Hall–Kier alpha value is -3.78. The minimum absolute atomic E-state index is 0.0559. The number of hydrogen-bond donors (Lipinski definition) is 1. The zero-order valence-corrected chi connectivity index (χ0v) is 22.2. The number of benzene rings is 2. The molecule has 2 aromatic carbocycles. The van der Waals surface area contributed by atoms with Crippen molar-refractivity contribution in [3.63, 3.8) is 0 Å². The van der Waals surface area contributed by atoms with Gasteiger partial charge in [-0.1, -0.05) is 38.1 Å². The highest BCUT2D eigenvalue weighted by Crippen LogP contribution is 2.45. The number of halogens is 1. The van der Waals surface area contributed by atoms with E-state index in [0.717, 1.165) is 35.5 Å². The van der Waals surface area contributed by atoms with Gasteiger partial charge in [-0.25, -0.2) is 9.18 Å². The van der Waals surface area contributed by atoms with Gasteiger partial charge in [0.2, 0.25) is 0 Å². The molecule has 0 amide bonds. The van der Waals surface area contributed by atoms with Crippen LogP contribution in [0.2, 0.25) is 0 Å². The molecule has 1 fully saturated rings. The van der Waals surface area contributed by atoms with Crippen molar-refractivity contribution in [2.24, 2.45) is 0 Å². The number of aromatic nitrogens is 3. The molecule has 4 aromatic rings. The first kappa shape index (κ1) is 24.6. The fourth-order valence-electron chi connectivity index (χ4n) is 5.81. The number of hydrogen-bond acceptors (Lipinski definition) is 6. The normalized spacial score (nSPS) is 17.2. The standard InChI is InChI=1S/C30H32FN5O2/c1-17(2)25-26(18(3)9-11-33-25)36-27-22(29(34-30(36)37)35-13-12-32-16-19(35)4)15-23(31)24-21-8-6-5-7-20(21)10-14-38-28(24)27/h5-9,11,15,17,19,32H,10,12-14,16H2,1-4H3/t19-/m0/s1. The van der Waals surface area contributed by atoms with Crippen LogP contribution in [0, 0.1) is 12.7 Å². The van der Waals surface area contributed by atoms with E-state index in [0.29, 0.717) is 53.3 Å². The summed E-state index contributed by atoms with van der Waals surface area (Å²) in [6.45, 7) is 10.7. The molecule has 0 aliphatic carbocycles. The summed E-state index contributed by atoms with van der Waals surface area (Å²) in [6.07, 6.45) is 2.41. The van der Waals surface area contributed by atoms with Gasteiger partial charge in [0.1, 0.15) is 17.2 Å². The van der Waals surface area contributed by atoms with Crippen LogP contribution < -0.4 is 20.6 Å². The molecular formula is C30H32FN5O2. The molecule has 196 valence electrons. The van der Waals surface area contributed by atoms with Crippen LogP contribution in [0.25, 0.3) is 27.7 Å². The topological polar surface area (TPSA) is 72.3 Å². The van der Waals surface area contributed by atoms with Crippen LogP contribution >= 0.6 is 0 Å². The van der Waals surface area contributed by atoms with E-state index in [4.69, 9.17) is 4.74 Å². The van der Waals surface area contributed by atoms with Crippen LogP contribution in [0.3, 0.4) is 0 Å². The van der Waals surface area contributed by atoms with Crippen LogP contribution in [-0.4, -0.2) is 46.8 Å². The second-order valence-corrected chi connectivity index (χ2v) is 10.5. The SMILES string of the molecule is Cc1ccnc(C(C)C)c1-n1c(=O)nc(N2CCNC[C@@H]2C)c2cc(F)c3c(c21)OCCc1ccccc1-3. The molecule has 0 unspecified atom stereocenters. The van der Waals surface area contributed by atoms with E-state index in [1.165, 1.54) is 6.07 Å². The minimum atomic E-state index is -0.425. The van der Waals surface area contributed by atoms with E-state index in [-0.39, 0.29) is 17.8 Å². The van der Waals surface area contributed by atoms with Gasteiger partial charge in [-0.15, -0.1) is 0 Å². The molecule has 0 saturated carbocycles. The summed E-state index contributed by atoms with van der Waals surface area (Å²) in [5.74, 6) is 0.544. The lowest BCUT2D eigenvalue weighted by Gasteiger charge is -2.36. The summed E-state index contributed by atoms with van der Waals surface area (Å²) >= 11 is 0. The Kier molecular flexibility index (Phi) is 6.14. The highest BCUT2D eigenvalue weighted by molar-refractivity contribution is 6.00. The first-order valence-electron chi connectivity index (χ1n) is 13.3. The van der Waals surface area contributed by atoms with Crippen molar-refractivity contribution >= 4 is 16.7 Å². The molecule has 38 heavy (non-hydrogen) atoms. The highest BCUT2D eigenvalue weighted by atomic mass is 19.1. The van der Waals surface area contributed by atoms with Gasteiger partial charge in [-0.3, -0.25) is 9.55 Å². The molecule has 6 rings (SSSR count). The number of aryl methyl sites for hydroxylation is 1. The minimum Gasteiger partial charge on any atom is -0.490 e. The van der Waals surface area contributed by atoms with Gasteiger partial charge in [-0.05, 0) is 48.6 Å². The molecule has 2 aliphatic heterocycles. The Morgan fingerprint density at radius 3 is 2.82 bits per heavy atom. The third kappa shape index (κ3) is 3.86. The van der Waals surface area contributed by atoms with E-state index >= 15 is 4.39 Å². The second kappa shape index (κ2) is 9.51. The first-order chi connectivity index (χ1) is 18.4. The summed E-state index contributed by atoms with van der Waals surface area (Å²) in [5, 5.41) is 3.94. The van der Waals surface area contributed by atoms with Gasteiger partial charge in [0.25, 0.3) is 0 Å². The quantitative estimate of drug-likeness (QED) is 0.426. The summed E-state index contributed by atoms with van der Waals surface area (Å²) < 4.78 is 24.2. The fourth-order valence-corrected chi connectivity index (χ4v) is 5.81. The molecule has 8 heteroatoms. The summed E-state index contributed by atoms with van der Waals surface area (Å²) in [4.78, 5) is 25.4. The number of piperazine rings is 1. The van der Waals surface area contributed by atoms with Gasteiger partial charge in [0.05, 0.1) is 23.6 Å². The average Bonchev–Trinajstić information content (AvgIpc) is 3.10. The molecule has 7 nitrogen and oxygen atoms in total. The van der Waals surface area contributed by atoms with Crippen LogP contribution in [0.5, 0.6) is 5.75 Å². The van der Waals surface area contributed by atoms with Gasteiger partial charge < -0.3 is 15.0 Å². The summed E-state index contributed by atoms with van der Waals surface area (Å²) in [5.41, 5.74) is 4.66. The Balaban J connectivity index is 1.79. The number of nitrogens with one attached hydrogen (secondary N) is 1. The van der Waals surface area contributed by atoms with Crippen LogP contribution in [0.4, 0.5) is 10.2 Å². The van der Waals surface area contributed by atoms with Gasteiger partial charge >= 0.3 is 5.69 Å². The molecule has 0 radical (unpaired) electrons. The zero-order valence-electron chi connectivity index (χ0n) is 22.2. The van der Waals surface area contributed by atoms with E-state index in [9.17, 15) is 4.79 Å². The average molecular weight is 514 g/mol. The predicted molar refractivity (Wildman–Crippen MR) is 148 cm³/mol. The van der Waals surface area contributed by atoms with Crippen molar-refractivity contribution in [3.8, 4) is 22.6 Å². The number of pyridine rings is 1. The predicted octanol–water partition coefficient (Wildman–Crippen LogP) is 4.75. The van der Waals surface area contributed by atoms with Crippen molar-refractivity contribution in [3.05, 3.63) is 75.7 Å². The van der Waals surface area contributed by atoms with Crippen molar-refractivity contribution in [2.75, 3.05) is 31.1 Å². The lowest BCUT2D eigenvalue weighted by atomic mass is 9.95. The van der Waals surface area contributed by atoms with Crippen molar-refractivity contribution < 1.29 is 9.13 Å². The van der Waals surface area contributed by atoms with Crippen molar-refractivity contribution in [2.45, 2.75) is 46.1 Å². The maximum Gasteiger partial charge on any atom is 0.354 e. The highest BCUT2D eigenvalue weighted by Gasteiger charge is 2.31. The molecule has 2 aliphatic rings. The molecule has 1 N–H and O–H groups in total. The zero-order chi connectivity index (χ0) is 26.6. The molecule has 0 spiro atoms. The Morgan fingerprint density at radius 1 is 1.21 bits per heavy atom. The van der Waals surface area contributed by atoms with Gasteiger partial charge in [0.15, 0.2) is 5.75 Å². The Bertz CT molecular complexity index is 1610. The lowest BCUT2D eigenvalue weighted by Crippen LogP contribution is -2.50. The maximum absolute atomic E-state index is 16.2. The van der Waals surface area contributed by atoms with E-state index < -0.39 is 5.69 Å².